The molecule has 0 spiro atoms. The van der Waals surface area contributed by atoms with Gasteiger partial charge in [-0.15, -0.1) is 16.7 Å². The molecule has 0 aliphatic rings. The first-order valence-electron chi connectivity index (χ1n) is 8.31. The SMILES string of the molecule is BC(CC)C(C)C(C#N)CSC(CC(C)C(CC)OC)N=O. The van der Waals surface area contributed by atoms with Gasteiger partial charge in [0.25, 0.3) is 0 Å². The van der Waals surface area contributed by atoms with Crippen LogP contribution in [0.5, 0.6) is 0 Å². The fourth-order valence-corrected chi connectivity index (χ4v) is 4.01. The van der Waals surface area contributed by atoms with Gasteiger partial charge >= 0.3 is 0 Å². The number of rotatable bonds is 12. The van der Waals surface area contributed by atoms with Crippen LogP contribution in [0.3, 0.4) is 0 Å². The van der Waals surface area contributed by atoms with Crippen LogP contribution < -0.4 is 0 Å². The summed E-state index contributed by atoms with van der Waals surface area (Å²) >= 11 is 1.52. The van der Waals surface area contributed by atoms with Gasteiger partial charge in [0.15, 0.2) is 0 Å². The Hall–Kier alpha value is -0.535. The zero-order valence-electron chi connectivity index (χ0n) is 14.9. The van der Waals surface area contributed by atoms with E-state index in [2.05, 4.69) is 46.8 Å². The first-order chi connectivity index (χ1) is 10.4. The predicted octanol–water partition coefficient (Wildman–Crippen LogP) is 3.87. The molecule has 0 bridgehead atoms. The average Bonchev–Trinajstić information content (AvgIpc) is 2.54. The maximum atomic E-state index is 11.1. The molecule has 0 N–H and O–H groups in total. The first-order valence-corrected chi connectivity index (χ1v) is 9.36. The molecule has 0 aromatic carbocycles. The summed E-state index contributed by atoms with van der Waals surface area (Å²) in [6, 6.07) is 2.41. The lowest BCUT2D eigenvalue weighted by atomic mass is 9.71. The third-order valence-corrected chi connectivity index (χ3v) is 6.06. The highest BCUT2D eigenvalue weighted by molar-refractivity contribution is 7.99. The van der Waals surface area contributed by atoms with Gasteiger partial charge in [0, 0.05) is 12.9 Å². The van der Waals surface area contributed by atoms with Gasteiger partial charge in [0.2, 0.25) is 0 Å². The normalized spacial score (nSPS) is 19.5. The number of thioether (sulfide) groups is 1. The van der Waals surface area contributed by atoms with Gasteiger partial charge in [0.05, 0.1) is 18.1 Å². The highest BCUT2D eigenvalue weighted by Crippen LogP contribution is 2.31. The lowest BCUT2D eigenvalue weighted by Crippen LogP contribution is -2.23. The maximum Gasteiger partial charge on any atom is 0.138 e. The van der Waals surface area contributed by atoms with Crippen molar-refractivity contribution >= 4 is 19.6 Å². The van der Waals surface area contributed by atoms with Crippen LogP contribution in [0.1, 0.15) is 47.0 Å². The van der Waals surface area contributed by atoms with Gasteiger partial charge in [-0.05, 0) is 24.7 Å². The third-order valence-electron chi connectivity index (χ3n) is 4.84. The molecule has 6 atom stereocenters. The highest BCUT2D eigenvalue weighted by atomic mass is 32.2. The molecule has 0 aromatic heterocycles. The number of hydrogen-bond donors (Lipinski definition) is 0. The Kier molecular flexibility index (Phi) is 11.7. The zero-order valence-corrected chi connectivity index (χ0v) is 15.7. The van der Waals surface area contributed by atoms with E-state index in [9.17, 15) is 10.2 Å². The van der Waals surface area contributed by atoms with E-state index in [1.165, 1.54) is 11.8 Å². The minimum Gasteiger partial charge on any atom is -0.381 e. The maximum absolute atomic E-state index is 11.1. The van der Waals surface area contributed by atoms with Crippen LogP contribution in [0.25, 0.3) is 0 Å². The Morgan fingerprint density at radius 1 is 1.32 bits per heavy atom. The van der Waals surface area contributed by atoms with Crippen LogP contribution in [0.15, 0.2) is 5.18 Å². The number of hydrogen-bond acceptors (Lipinski definition) is 5. The second-order valence-electron chi connectivity index (χ2n) is 6.27. The second kappa shape index (κ2) is 12.0. The molecular formula is C16H31BN2O2S. The molecule has 0 saturated carbocycles. The fourth-order valence-electron chi connectivity index (χ4n) is 2.70. The third kappa shape index (κ3) is 7.15. The topological polar surface area (TPSA) is 62.4 Å². The predicted molar refractivity (Wildman–Crippen MR) is 97.8 cm³/mol. The molecule has 0 rings (SSSR count). The van der Waals surface area contributed by atoms with Crippen LogP contribution in [-0.2, 0) is 4.74 Å². The molecule has 6 heteroatoms. The number of nitrogens with zero attached hydrogens (tertiary/aromatic N) is 2. The van der Waals surface area contributed by atoms with E-state index >= 15 is 0 Å². The molecule has 126 valence electrons. The van der Waals surface area contributed by atoms with Crippen molar-refractivity contribution in [2.45, 2.75) is 64.3 Å². The summed E-state index contributed by atoms with van der Waals surface area (Å²) in [5.74, 6) is 1.80. The van der Waals surface area contributed by atoms with Crippen molar-refractivity contribution in [1.29, 1.82) is 5.26 Å². The number of nitriles is 1. The summed E-state index contributed by atoms with van der Waals surface area (Å²) in [5, 5.41) is 12.3. The molecule has 4 nitrogen and oxygen atoms in total. The van der Waals surface area contributed by atoms with Crippen molar-refractivity contribution in [3.8, 4) is 6.07 Å². The Balaban J connectivity index is 4.50. The molecule has 0 radical (unpaired) electrons. The van der Waals surface area contributed by atoms with Gasteiger partial charge in [-0.1, -0.05) is 45.1 Å². The van der Waals surface area contributed by atoms with Crippen molar-refractivity contribution < 1.29 is 4.74 Å². The van der Waals surface area contributed by atoms with Gasteiger partial charge in [-0.25, -0.2) is 0 Å². The summed E-state index contributed by atoms with van der Waals surface area (Å²) in [6.45, 7) is 8.46. The second-order valence-corrected chi connectivity index (χ2v) is 7.48. The number of methoxy groups -OCH3 is 1. The van der Waals surface area contributed by atoms with E-state index in [1.807, 2.05) is 0 Å². The van der Waals surface area contributed by atoms with E-state index in [0.29, 0.717) is 23.9 Å². The quantitative estimate of drug-likeness (QED) is 0.403. The van der Waals surface area contributed by atoms with Gasteiger partial charge in [-0.2, -0.15) is 5.26 Å². The van der Waals surface area contributed by atoms with Crippen LogP contribution in [0.4, 0.5) is 0 Å². The minimum atomic E-state index is -0.292. The summed E-state index contributed by atoms with van der Waals surface area (Å²) in [5.41, 5.74) is 0. The van der Waals surface area contributed by atoms with Crippen LogP contribution in [0.2, 0.25) is 5.82 Å². The van der Waals surface area contributed by atoms with Crippen molar-refractivity contribution in [2.75, 3.05) is 12.9 Å². The summed E-state index contributed by atoms with van der Waals surface area (Å²) in [7, 11) is 3.89. The van der Waals surface area contributed by atoms with Crippen molar-refractivity contribution in [1.82, 2.24) is 0 Å². The van der Waals surface area contributed by atoms with Crippen LogP contribution in [-0.4, -0.2) is 32.2 Å². The van der Waals surface area contributed by atoms with Gasteiger partial charge < -0.3 is 4.74 Å². The zero-order chi connectivity index (χ0) is 17.1. The van der Waals surface area contributed by atoms with Crippen molar-refractivity contribution in [3.63, 3.8) is 0 Å². The lowest BCUT2D eigenvalue weighted by molar-refractivity contribution is 0.0525. The Bertz CT molecular complexity index is 348. The monoisotopic (exact) mass is 326 g/mol. The van der Waals surface area contributed by atoms with Crippen LogP contribution in [0, 0.1) is 34.0 Å². The number of ether oxygens (including phenoxy) is 1. The Morgan fingerprint density at radius 3 is 2.36 bits per heavy atom. The van der Waals surface area contributed by atoms with Crippen molar-refractivity contribution in [2.24, 2.45) is 22.9 Å². The molecule has 0 heterocycles. The van der Waals surface area contributed by atoms with E-state index in [4.69, 9.17) is 4.74 Å². The molecule has 0 amide bonds. The molecule has 22 heavy (non-hydrogen) atoms. The largest absolute Gasteiger partial charge is 0.381 e. The number of nitroso groups, excluding NO2 is 1. The molecule has 0 fully saturated rings. The molecular weight excluding hydrogens is 295 g/mol. The summed E-state index contributed by atoms with van der Waals surface area (Å²) in [6.07, 6.45) is 2.87. The smallest absolute Gasteiger partial charge is 0.138 e. The molecule has 0 aromatic rings. The lowest BCUT2D eigenvalue weighted by Gasteiger charge is -2.25. The van der Waals surface area contributed by atoms with E-state index in [-0.39, 0.29) is 23.3 Å². The fraction of sp³-hybridized carbons (Fsp3) is 0.938. The first kappa shape index (κ1) is 21.5. The molecule has 0 aliphatic carbocycles. The summed E-state index contributed by atoms with van der Waals surface area (Å²) < 4.78 is 5.43. The van der Waals surface area contributed by atoms with E-state index in [1.54, 1.807) is 7.11 Å². The minimum absolute atomic E-state index is 0.0242. The van der Waals surface area contributed by atoms with Gasteiger partial charge in [-0.3, -0.25) is 0 Å². The van der Waals surface area contributed by atoms with Crippen molar-refractivity contribution in [3.05, 3.63) is 4.91 Å². The highest BCUT2D eigenvalue weighted by Gasteiger charge is 2.25. The standard InChI is InChI=1S/C16H31BN2O2S/c1-6-14(17)12(4)13(9-18)10-22-16(19-20)8-11(3)15(7-2)21-5/h11-16H,6-8,10,17H2,1-5H3. The van der Waals surface area contributed by atoms with Crippen LogP contribution >= 0.6 is 11.8 Å². The molecule has 6 unspecified atom stereocenters. The van der Waals surface area contributed by atoms with E-state index in [0.717, 1.165) is 12.8 Å². The Morgan fingerprint density at radius 2 is 1.95 bits per heavy atom. The average molecular weight is 326 g/mol. The van der Waals surface area contributed by atoms with Gasteiger partial charge in [0.1, 0.15) is 13.2 Å². The molecule has 0 aliphatic heterocycles. The molecule has 0 saturated heterocycles. The summed E-state index contributed by atoms with van der Waals surface area (Å²) in [4.78, 5) is 11.1. The van der Waals surface area contributed by atoms with E-state index < -0.39 is 0 Å². The Labute approximate surface area is 141 Å².